The van der Waals surface area contributed by atoms with Crippen LogP contribution in [0.15, 0.2) is 64.9 Å². The van der Waals surface area contributed by atoms with Crippen molar-refractivity contribution in [1.82, 2.24) is 5.06 Å². The number of aliphatic imine (C=N–C) groups is 1. The normalized spacial score (nSPS) is 16.5. The number of allylic oxidation sites excluding steroid dienone is 1. The van der Waals surface area contributed by atoms with E-state index >= 15 is 0 Å². The monoisotopic (exact) mass is 421 g/mol. The Labute approximate surface area is 176 Å². The summed E-state index contributed by atoms with van der Waals surface area (Å²) < 4.78 is 24.4. The molecular weight excluding hydrogens is 405 g/mol. The molecule has 0 fully saturated rings. The molecule has 0 atom stereocenters. The highest BCUT2D eigenvalue weighted by Crippen LogP contribution is 2.31. The number of methoxy groups -OCH3 is 1. The molecule has 0 aliphatic carbocycles. The first-order valence-corrected chi connectivity index (χ1v) is 9.12. The molecule has 0 unspecified atom stereocenters. The predicted molar refractivity (Wildman–Crippen MR) is 109 cm³/mol. The van der Waals surface area contributed by atoms with Crippen molar-refractivity contribution >= 4 is 29.6 Å². The molecule has 9 heteroatoms. The molecular formula is C22H16FN3O5. The molecule has 31 heavy (non-hydrogen) atoms. The number of nitrogens with zero attached hydrogens (tertiary/aromatic N) is 2. The Bertz CT molecular complexity index is 1220. The molecule has 4 rings (SSSR count). The van der Waals surface area contributed by atoms with Crippen molar-refractivity contribution in [2.75, 3.05) is 7.11 Å². The van der Waals surface area contributed by atoms with Crippen LogP contribution < -0.4 is 9.47 Å². The van der Waals surface area contributed by atoms with Crippen LogP contribution in [0.5, 0.6) is 11.5 Å². The maximum absolute atomic E-state index is 13.8. The second-order valence-electron chi connectivity index (χ2n) is 6.60. The SMILES string of the molecule is COc1cc(/C=C2/C(=N)N3OC(C)=CC3=NC2=O)ccc1OC(=O)c1ccccc1F. The van der Waals surface area contributed by atoms with E-state index in [1.807, 2.05) is 0 Å². The molecule has 2 aromatic carbocycles. The Kier molecular flexibility index (Phi) is 5.08. The Balaban J connectivity index is 1.60. The number of carbonyl (C=O) groups excluding carboxylic acids is 2. The third-order valence-corrected chi connectivity index (χ3v) is 4.48. The molecule has 0 spiro atoms. The van der Waals surface area contributed by atoms with Gasteiger partial charge in [0.15, 0.2) is 23.2 Å². The van der Waals surface area contributed by atoms with Gasteiger partial charge in [0.25, 0.3) is 5.91 Å². The number of esters is 1. The maximum atomic E-state index is 13.8. The zero-order valence-corrected chi connectivity index (χ0v) is 16.5. The average Bonchev–Trinajstić information content (AvgIpc) is 3.12. The molecule has 2 heterocycles. The lowest BCUT2D eigenvalue weighted by Gasteiger charge is -2.23. The van der Waals surface area contributed by atoms with Gasteiger partial charge >= 0.3 is 5.97 Å². The number of nitrogens with one attached hydrogen (secondary N) is 1. The number of halogens is 1. The van der Waals surface area contributed by atoms with Gasteiger partial charge in [0, 0.05) is 6.08 Å². The third-order valence-electron chi connectivity index (χ3n) is 4.48. The number of fused-ring (bicyclic) bond motifs is 1. The molecule has 2 aromatic rings. The van der Waals surface area contributed by atoms with E-state index in [1.54, 1.807) is 19.1 Å². The van der Waals surface area contributed by atoms with Crippen LogP contribution in [-0.2, 0) is 9.63 Å². The quantitative estimate of drug-likeness (QED) is 0.461. The number of carbonyl (C=O) groups is 2. The van der Waals surface area contributed by atoms with Gasteiger partial charge in [-0.3, -0.25) is 10.2 Å². The van der Waals surface area contributed by atoms with Crippen LogP contribution in [0.2, 0.25) is 0 Å². The molecule has 0 bridgehead atoms. The van der Waals surface area contributed by atoms with Gasteiger partial charge in [0.05, 0.1) is 18.2 Å². The van der Waals surface area contributed by atoms with Gasteiger partial charge in [-0.05, 0) is 42.8 Å². The number of ether oxygens (including phenoxy) is 2. The number of hydrogen-bond donors (Lipinski definition) is 1. The summed E-state index contributed by atoms with van der Waals surface area (Å²) in [5.74, 6) is -1.28. The van der Waals surface area contributed by atoms with Crippen LogP contribution in [0, 0.1) is 11.2 Å². The summed E-state index contributed by atoms with van der Waals surface area (Å²) >= 11 is 0. The zero-order valence-electron chi connectivity index (χ0n) is 16.5. The maximum Gasteiger partial charge on any atom is 0.346 e. The lowest BCUT2D eigenvalue weighted by atomic mass is 10.1. The topological polar surface area (TPSA) is 101 Å². The lowest BCUT2D eigenvalue weighted by Crippen LogP contribution is -2.38. The first kappa shape index (κ1) is 20.0. The number of amidine groups is 2. The van der Waals surface area contributed by atoms with Gasteiger partial charge in [0.1, 0.15) is 11.6 Å². The van der Waals surface area contributed by atoms with Gasteiger partial charge in [-0.15, -0.1) is 5.06 Å². The van der Waals surface area contributed by atoms with E-state index in [-0.39, 0.29) is 34.3 Å². The fourth-order valence-electron chi connectivity index (χ4n) is 3.01. The number of benzene rings is 2. The lowest BCUT2D eigenvalue weighted by molar-refractivity contribution is -0.114. The third kappa shape index (κ3) is 3.80. The van der Waals surface area contributed by atoms with Crippen molar-refractivity contribution in [2.45, 2.75) is 6.92 Å². The smallest absolute Gasteiger partial charge is 0.346 e. The van der Waals surface area contributed by atoms with Gasteiger partial charge in [-0.2, -0.15) is 4.99 Å². The second-order valence-corrected chi connectivity index (χ2v) is 6.60. The molecule has 0 radical (unpaired) electrons. The van der Waals surface area contributed by atoms with Crippen LogP contribution in [0.1, 0.15) is 22.8 Å². The van der Waals surface area contributed by atoms with E-state index in [4.69, 9.17) is 19.7 Å². The molecule has 1 N–H and O–H groups in total. The second kappa shape index (κ2) is 7.86. The van der Waals surface area contributed by atoms with E-state index in [1.165, 1.54) is 43.5 Å². The van der Waals surface area contributed by atoms with Gasteiger partial charge in [-0.1, -0.05) is 18.2 Å². The summed E-state index contributed by atoms with van der Waals surface area (Å²) in [5, 5.41) is 9.41. The molecule has 2 aliphatic heterocycles. The number of amides is 1. The largest absolute Gasteiger partial charge is 0.493 e. The highest BCUT2D eigenvalue weighted by atomic mass is 19.1. The standard InChI is InChI=1S/C22H16FN3O5/c1-12-9-19-25-21(27)15(20(24)26(19)31-12)10-13-7-8-17(18(11-13)29-2)30-22(28)14-5-3-4-6-16(14)23/h3-11,24H,1-2H3/b15-10-,24-20?. The van der Waals surface area contributed by atoms with Gasteiger partial charge in [0.2, 0.25) is 0 Å². The van der Waals surface area contributed by atoms with Crippen molar-refractivity contribution in [3.63, 3.8) is 0 Å². The summed E-state index contributed by atoms with van der Waals surface area (Å²) in [4.78, 5) is 34.0. The summed E-state index contributed by atoms with van der Waals surface area (Å²) in [6.45, 7) is 1.69. The highest BCUT2D eigenvalue weighted by Gasteiger charge is 2.34. The molecule has 1 amide bonds. The molecule has 0 saturated carbocycles. The van der Waals surface area contributed by atoms with E-state index < -0.39 is 17.7 Å². The van der Waals surface area contributed by atoms with E-state index in [2.05, 4.69) is 4.99 Å². The van der Waals surface area contributed by atoms with Crippen molar-refractivity contribution in [2.24, 2.45) is 4.99 Å². The van der Waals surface area contributed by atoms with Crippen molar-refractivity contribution in [3.8, 4) is 11.5 Å². The average molecular weight is 421 g/mol. The van der Waals surface area contributed by atoms with Crippen LogP contribution >= 0.6 is 0 Å². The minimum atomic E-state index is -0.873. The van der Waals surface area contributed by atoms with Crippen molar-refractivity contribution in [3.05, 3.63) is 76.8 Å². The predicted octanol–water partition coefficient (Wildman–Crippen LogP) is 3.50. The van der Waals surface area contributed by atoms with Gasteiger partial charge < -0.3 is 14.3 Å². The Morgan fingerprint density at radius 2 is 2.00 bits per heavy atom. The van der Waals surface area contributed by atoms with Gasteiger partial charge in [-0.25, -0.2) is 9.18 Å². The molecule has 0 aromatic heterocycles. The Hall–Kier alpha value is -4.27. The van der Waals surface area contributed by atoms with Crippen molar-refractivity contribution < 1.29 is 28.3 Å². The van der Waals surface area contributed by atoms with Crippen LogP contribution in [0.3, 0.4) is 0 Å². The summed E-state index contributed by atoms with van der Waals surface area (Å²) in [6.07, 6.45) is 3.01. The fourth-order valence-corrected chi connectivity index (χ4v) is 3.01. The summed E-state index contributed by atoms with van der Waals surface area (Å²) in [6, 6.07) is 10.0. The number of hydroxylamine groups is 2. The highest BCUT2D eigenvalue weighted by molar-refractivity contribution is 6.32. The number of hydrogen-bond acceptors (Lipinski definition) is 6. The minimum Gasteiger partial charge on any atom is -0.493 e. The first-order chi connectivity index (χ1) is 14.9. The van der Waals surface area contributed by atoms with Crippen LogP contribution in [0.25, 0.3) is 6.08 Å². The number of rotatable bonds is 4. The van der Waals surface area contributed by atoms with Crippen LogP contribution in [-0.4, -0.2) is 35.7 Å². The van der Waals surface area contributed by atoms with E-state index in [0.29, 0.717) is 11.3 Å². The molecule has 8 nitrogen and oxygen atoms in total. The molecule has 0 saturated heterocycles. The Morgan fingerprint density at radius 3 is 2.74 bits per heavy atom. The first-order valence-electron chi connectivity index (χ1n) is 9.12. The van der Waals surface area contributed by atoms with E-state index in [0.717, 1.165) is 11.1 Å². The zero-order chi connectivity index (χ0) is 22.1. The fraction of sp³-hybridized carbons (Fsp3) is 0.0909. The molecule has 2 aliphatic rings. The molecule has 156 valence electrons. The van der Waals surface area contributed by atoms with E-state index in [9.17, 15) is 14.0 Å². The Morgan fingerprint density at radius 1 is 1.23 bits per heavy atom. The summed E-state index contributed by atoms with van der Waals surface area (Å²) in [5.41, 5.74) is 0.309. The van der Waals surface area contributed by atoms with Crippen LogP contribution in [0.4, 0.5) is 4.39 Å². The van der Waals surface area contributed by atoms with Crippen molar-refractivity contribution in [1.29, 1.82) is 5.41 Å². The minimum absolute atomic E-state index is 0.0185. The summed E-state index contributed by atoms with van der Waals surface area (Å²) in [7, 11) is 1.38.